The van der Waals surface area contributed by atoms with Gasteiger partial charge in [0.15, 0.2) is 0 Å². The molecule has 2 amide bonds. The van der Waals surface area contributed by atoms with Crippen molar-refractivity contribution in [3.05, 3.63) is 28.2 Å². The molecule has 0 aliphatic carbocycles. The molecule has 2 N–H and O–H groups in total. The molecule has 1 aromatic rings. The van der Waals surface area contributed by atoms with Gasteiger partial charge in [-0.05, 0) is 44.7 Å². The number of amides is 2. The molecule has 1 aliphatic heterocycles. The molecule has 0 aromatic heterocycles. The summed E-state index contributed by atoms with van der Waals surface area (Å²) in [5.41, 5.74) is 1.92. The maximum absolute atomic E-state index is 12.2. The maximum atomic E-state index is 12.2. The average molecular weight is 368 g/mol. The van der Waals surface area contributed by atoms with Crippen molar-refractivity contribution in [1.82, 2.24) is 10.6 Å². The number of hydrogen-bond donors (Lipinski definition) is 2. The summed E-state index contributed by atoms with van der Waals surface area (Å²) in [5.74, 6) is -0.323. The largest absolute Gasteiger partial charge is 0.354 e. The Morgan fingerprint density at radius 1 is 1.50 bits per heavy atom. The van der Waals surface area contributed by atoms with E-state index in [1.54, 1.807) is 4.90 Å². The van der Waals surface area contributed by atoms with Crippen LogP contribution in [0, 0.1) is 12.8 Å². The molecular weight excluding hydrogens is 346 g/mol. The second-order valence-electron chi connectivity index (χ2n) is 5.77. The van der Waals surface area contributed by atoms with Crippen LogP contribution in [-0.4, -0.2) is 38.0 Å². The zero-order valence-corrected chi connectivity index (χ0v) is 14.7. The summed E-state index contributed by atoms with van der Waals surface area (Å²) in [6, 6.07) is 6.01. The van der Waals surface area contributed by atoms with Gasteiger partial charge in [0.25, 0.3) is 0 Å². The molecule has 22 heavy (non-hydrogen) atoms. The first-order valence-electron chi connectivity index (χ1n) is 7.44. The minimum atomic E-state index is -0.277. The van der Waals surface area contributed by atoms with Crippen LogP contribution in [0.1, 0.15) is 18.9 Å². The first kappa shape index (κ1) is 17.0. The van der Waals surface area contributed by atoms with Gasteiger partial charge >= 0.3 is 0 Å². The molecule has 0 saturated carbocycles. The molecule has 0 radical (unpaired) electrons. The lowest BCUT2D eigenvalue weighted by atomic mass is 10.1. The first-order valence-corrected chi connectivity index (χ1v) is 8.23. The number of anilines is 1. The topological polar surface area (TPSA) is 61.4 Å². The van der Waals surface area contributed by atoms with Crippen LogP contribution >= 0.6 is 15.9 Å². The molecule has 1 heterocycles. The van der Waals surface area contributed by atoms with Crippen LogP contribution in [0.2, 0.25) is 0 Å². The fourth-order valence-electron chi connectivity index (χ4n) is 2.43. The van der Waals surface area contributed by atoms with Crippen molar-refractivity contribution in [2.45, 2.75) is 26.3 Å². The number of hydrogen-bond acceptors (Lipinski definition) is 3. The Kier molecular flexibility index (Phi) is 5.58. The number of halogens is 1. The lowest BCUT2D eigenvalue weighted by molar-refractivity contribution is -0.126. The highest BCUT2D eigenvalue weighted by molar-refractivity contribution is 9.10. The maximum Gasteiger partial charge on any atom is 0.227 e. The van der Waals surface area contributed by atoms with Gasteiger partial charge in [0, 0.05) is 35.7 Å². The summed E-state index contributed by atoms with van der Waals surface area (Å²) in [4.78, 5) is 26.1. The van der Waals surface area contributed by atoms with Gasteiger partial charge in [-0.15, -0.1) is 0 Å². The van der Waals surface area contributed by atoms with Gasteiger partial charge in [-0.25, -0.2) is 0 Å². The van der Waals surface area contributed by atoms with Crippen LogP contribution in [0.5, 0.6) is 0 Å². The normalized spacial score (nSPS) is 19.4. The minimum Gasteiger partial charge on any atom is -0.354 e. The van der Waals surface area contributed by atoms with Crippen molar-refractivity contribution < 1.29 is 9.59 Å². The van der Waals surface area contributed by atoms with Gasteiger partial charge in [0.2, 0.25) is 11.8 Å². The number of likely N-dealkylation sites (N-methyl/N-ethyl adjacent to an activating group) is 1. The standard InChI is InChI=1S/C16H22BrN3O2/c1-10-6-13(4-5-14(10)17)20-9-12(7-15(20)21)16(22)19-8-11(2)18-3/h4-6,11-12,18H,7-9H2,1-3H3,(H,19,22). The van der Waals surface area contributed by atoms with Crippen LogP contribution in [0.4, 0.5) is 5.69 Å². The van der Waals surface area contributed by atoms with Gasteiger partial charge < -0.3 is 15.5 Å². The van der Waals surface area contributed by atoms with Crippen molar-refractivity contribution in [1.29, 1.82) is 0 Å². The van der Waals surface area contributed by atoms with Gasteiger partial charge in [-0.1, -0.05) is 15.9 Å². The molecule has 5 nitrogen and oxygen atoms in total. The van der Waals surface area contributed by atoms with Crippen LogP contribution in [0.15, 0.2) is 22.7 Å². The van der Waals surface area contributed by atoms with Crippen LogP contribution in [0.25, 0.3) is 0 Å². The molecule has 1 aliphatic rings. The van der Waals surface area contributed by atoms with E-state index in [1.165, 1.54) is 0 Å². The molecule has 2 unspecified atom stereocenters. The number of carbonyl (C=O) groups excluding carboxylic acids is 2. The van der Waals surface area contributed by atoms with E-state index in [-0.39, 0.29) is 30.2 Å². The summed E-state index contributed by atoms with van der Waals surface area (Å²) in [6.07, 6.45) is 0.273. The predicted octanol–water partition coefficient (Wildman–Crippen LogP) is 1.83. The molecule has 120 valence electrons. The van der Waals surface area contributed by atoms with Crippen LogP contribution in [-0.2, 0) is 9.59 Å². The Labute approximate surface area is 139 Å². The van der Waals surface area contributed by atoms with Gasteiger partial charge in [0.1, 0.15) is 0 Å². The molecule has 2 rings (SSSR count). The molecule has 6 heteroatoms. The fraction of sp³-hybridized carbons (Fsp3) is 0.500. The summed E-state index contributed by atoms with van der Waals surface area (Å²) < 4.78 is 1.01. The minimum absolute atomic E-state index is 0.00328. The lowest BCUT2D eigenvalue weighted by Gasteiger charge is -2.18. The Hall–Kier alpha value is -1.40. The first-order chi connectivity index (χ1) is 10.4. The second kappa shape index (κ2) is 7.24. The Morgan fingerprint density at radius 3 is 2.86 bits per heavy atom. The zero-order valence-electron chi connectivity index (χ0n) is 13.1. The molecule has 1 saturated heterocycles. The molecule has 1 fully saturated rings. The Bertz CT molecular complexity index is 577. The van der Waals surface area contributed by atoms with Gasteiger partial charge in [-0.3, -0.25) is 9.59 Å². The molecular formula is C16H22BrN3O2. The summed E-state index contributed by atoms with van der Waals surface area (Å²) in [6.45, 7) is 4.99. The SMILES string of the molecule is CNC(C)CNC(=O)C1CC(=O)N(c2ccc(Br)c(C)c2)C1. The van der Waals surface area contributed by atoms with Crippen molar-refractivity contribution in [3.63, 3.8) is 0 Å². The highest BCUT2D eigenvalue weighted by atomic mass is 79.9. The fourth-order valence-corrected chi connectivity index (χ4v) is 2.68. The molecule has 1 aromatic carbocycles. The van der Waals surface area contributed by atoms with E-state index >= 15 is 0 Å². The third kappa shape index (κ3) is 3.87. The summed E-state index contributed by atoms with van der Waals surface area (Å²) in [7, 11) is 1.85. The van der Waals surface area contributed by atoms with E-state index in [9.17, 15) is 9.59 Å². The third-order valence-electron chi connectivity index (χ3n) is 4.02. The predicted molar refractivity (Wildman–Crippen MR) is 90.9 cm³/mol. The lowest BCUT2D eigenvalue weighted by Crippen LogP contribution is -2.40. The summed E-state index contributed by atoms with van der Waals surface area (Å²) in [5, 5.41) is 5.97. The highest BCUT2D eigenvalue weighted by Crippen LogP contribution is 2.28. The smallest absolute Gasteiger partial charge is 0.227 e. The monoisotopic (exact) mass is 367 g/mol. The van der Waals surface area contributed by atoms with Gasteiger partial charge in [-0.2, -0.15) is 0 Å². The van der Waals surface area contributed by atoms with E-state index in [2.05, 4.69) is 26.6 Å². The Morgan fingerprint density at radius 2 is 2.23 bits per heavy atom. The van der Waals surface area contributed by atoms with E-state index in [0.29, 0.717) is 13.1 Å². The Balaban J connectivity index is 2.01. The number of nitrogens with zero attached hydrogens (tertiary/aromatic N) is 1. The van der Waals surface area contributed by atoms with Crippen LogP contribution in [0.3, 0.4) is 0 Å². The molecule has 2 atom stereocenters. The number of aryl methyl sites for hydroxylation is 1. The quantitative estimate of drug-likeness (QED) is 0.834. The van der Waals surface area contributed by atoms with Crippen molar-refractivity contribution >= 4 is 33.4 Å². The van der Waals surface area contributed by atoms with E-state index < -0.39 is 0 Å². The van der Waals surface area contributed by atoms with E-state index in [1.807, 2.05) is 39.1 Å². The number of rotatable bonds is 5. The molecule has 0 spiro atoms. The second-order valence-corrected chi connectivity index (χ2v) is 6.63. The third-order valence-corrected chi connectivity index (χ3v) is 4.91. The van der Waals surface area contributed by atoms with Crippen molar-refractivity contribution in [3.8, 4) is 0 Å². The van der Waals surface area contributed by atoms with Crippen molar-refractivity contribution in [2.75, 3.05) is 25.0 Å². The van der Waals surface area contributed by atoms with Crippen molar-refractivity contribution in [2.24, 2.45) is 5.92 Å². The van der Waals surface area contributed by atoms with Crippen LogP contribution < -0.4 is 15.5 Å². The molecule has 0 bridgehead atoms. The average Bonchev–Trinajstić information content (AvgIpc) is 2.89. The number of benzene rings is 1. The number of carbonyl (C=O) groups is 2. The zero-order chi connectivity index (χ0) is 16.3. The van der Waals surface area contributed by atoms with E-state index in [4.69, 9.17) is 0 Å². The summed E-state index contributed by atoms with van der Waals surface area (Å²) >= 11 is 3.46. The highest BCUT2D eigenvalue weighted by Gasteiger charge is 2.35. The number of nitrogens with one attached hydrogen (secondary N) is 2. The van der Waals surface area contributed by atoms with Gasteiger partial charge in [0.05, 0.1) is 5.92 Å². The van der Waals surface area contributed by atoms with E-state index in [0.717, 1.165) is 15.7 Å².